The number of fused-ring (bicyclic) bond motifs is 1. The SMILES string of the molecule is CCOC(=O)C1=C(CN(C)Cc2nc3ccccc3n2C)NC(=O)N[C@H]1c1ccccc1. The van der Waals surface area contributed by atoms with Crippen molar-refractivity contribution in [1.29, 1.82) is 0 Å². The second-order valence-electron chi connectivity index (χ2n) is 7.80. The van der Waals surface area contributed by atoms with Gasteiger partial charge in [0.05, 0.1) is 35.8 Å². The number of para-hydroxylation sites is 2. The van der Waals surface area contributed by atoms with Crippen LogP contribution in [0.2, 0.25) is 0 Å². The highest BCUT2D eigenvalue weighted by Crippen LogP contribution is 2.28. The van der Waals surface area contributed by atoms with Crippen LogP contribution in [0.4, 0.5) is 4.79 Å². The molecule has 32 heavy (non-hydrogen) atoms. The van der Waals surface area contributed by atoms with E-state index in [2.05, 4.69) is 15.2 Å². The van der Waals surface area contributed by atoms with Gasteiger partial charge in [0.1, 0.15) is 5.82 Å². The predicted molar refractivity (Wildman–Crippen MR) is 122 cm³/mol. The number of carbonyl (C=O) groups excluding carboxylic acids is 2. The second kappa shape index (κ2) is 9.23. The molecular formula is C24H27N5O3. The van der Waals surface area contributed by atoms with E-state index in [-0.39, 0.29) is 12.6 Å². The van der Waals surface area contributed by atoms with E-state index >= 15 is 0 Å². The molecule has 2 aromatic carbocycles. The lowest BCUT2D eigenvalue weighted by atomic mass is 9.95. The quantitative estimate of drug-likeness (QED) is 0.560. The highest BCUT2D eigenvalue weighted by Gasteiger charge is 2.34. The Balaban J connectivity index is 1.64. The maximum absolute atomic E-state index is 12.9. The minimum Gasteiger partial charge on any atom is -0.463 e. The number of ether oxygens (including phenoxy) is 1. The van der Waals surface area contributed by atoms with Gasteiger partial charge < -0.3 is 19.9 Å². The number of hydrogen-bond acceptors (Lipinski definition) is 5. The fourth-order valence-corrected chi connectivity index (χ4v) is 3.99. The molecule has 2 amide bonds. The lowest BCUT2D eigenvalue weighted by Crippen LogP contribution is -2.48. The fourth-order valence-electron chi connectivity index (χ4n) is 3.99. The highest BCUT2D eigenvalue weighted by atomic mass is 16.5. The summed E-state index contributed by atoms with van der Waals surface area (Å²) in [4.78, 5) is 32.1. The molecule has 3 aromatic rings. The van der Waals surface area contributed by atoms with Crippen molar-refractivity contribution in [3.63, 3.8) is 0 Å². The van der Waals surface area contributed by atoms with Crippen molar-refractivity contribution < 1.29 is 14.3 Å². The largest absolute Gasteiger partial charge is 0.463 e. The molecule has 0 fully saturated rings. The zero-order chi connectivity index (χ0) is 22.7. The Labute approximate surface area is 186 Å². The molecule has 0 unspecified atom stereocenters. The summed E-state index contributed by atoms with van der Waals surface area (Å²) in [7, 11) is 3.92. The van der Waals surface area contributed by atoms with E-state index in [1.807, 2.05) is 73.6 Å². The second-order valence-corrected chi connectivity index (χ2v) is 7.80. The van der Waals surface area contributed by atoms with Crippen LogP contribution in [0.3, 0.4) is 0 Å². The number of hydrogen-bond donors (Lipinski definition) is 2. The van der Waals surface area contributed by atoms with E-state index in [0.29, 0.717) is 24.4 Å². The third kappa shape index (κ3) is 4.36. The molecule has 2 N–H and O–H groups in total. The minimum absolute atomic E-state index is 0.251. The van der Waals surface area contributed by atoms with Crippen LogP contribution in [0.1, 0.15) is 24.4 Å². The van der Waals surface area contributed by atoms with E-state index in [1.54, 1.807) is 6.92 Å². The van der Waals surface area contributed by atoms with Gasteiger partial charge in [-0.25, -0.2) is 14.6 Å². The van der Waals surface area contributed by atoms with Gasteiger partial charge in [0.25, 0.3) is 0 Å². The number of esters is 1. The average molecular weight is 434 g/mol. The molecule has 0 saturated heterocycles. The number of urea groups is 1. The Morgan fingerprint density at radius 3 is 2.56 bits per heavy atom. The summed E-state index contributed by atoms with van der Waals surface area (Å²) in [5.41, 5.74) is 3.75. The maximum Gasteiger partial charge on any atom is 0.338 e. The molecule has 1 aliphatic rings. The van der Waals surface area contributed by atoms with Crippen molar-refractivity contribution in [3.05, 3.63) is 77.3 Å². The standard InChI is InChI=1S/C24H27N5O3/c1-4-32-23(30)21-18(26-24(31)27-22(21)16-10-6-5-7-11-16)14-28(2)15-20-25-17-12-8-9-13-19(17)29(20)3/h5-13,22H,4,14-15H2,1-3H3,(H2,26,27,31)/t22-/m0/s1. The molecular weight excluding hydrogens is 406 g/mol. The third-order valence-electron chi connectivity index (χ3n) is 5.50. The number of amides is 2. The normalized spacial score (nSPS) is 16.2. The highest BCUT2D eigenvalue weighted by molar-refractivity contribution is 5.95. The van der Waals surface area contributed by atoms with Crippen LogP contribution >= 0.6 is 0 Å². The summed E-state index contributed by atoms with van der Waals surface area (Å²) in [6.07, 6.45) is 0. The van der Waals surface area contributed by atoms with Gasteiger partial charge in [0.2, 0.25) is 0 Å². The smallest absolute Gasteiger partial charge is 0.338 e. The summed E-state index contributed by atoms with van der Waals surface area (Å²) >= 11 is 0. The number of aryl methyl sites for hydroxylation is 1. The minimum atomic E-state index is -0.580. The van der Waals surface area contributed by atoms with Crippen LogP contribution in [0.5, 0.6) is 0 Å². The zero-order valence-electron chi connectivity index (χ0n) is 18.5. The molecule has 0 saturated carbocycles. The van der Waals surface area contributed by atoms with Gasteiger partial charge in [-0.05, 0) is 31.7 Å². The molecule has 0 radical (unpaired) electrons. The Morgan fingerprint density at radius 1 is 1.12 bits per heavy atom. The first kappa shape index (κ1) is 21.6. The van der Waals surface area contributed by atoms with Crippen LogP contribution in [-0.2, 0) is 23.1 Å². The number of aromatic nitrogens is 2. The molecule has 166 valence electrons. The Kier molecular flexibility index (Phi) is 6.23. The van der Waals surface area contributed by atoms with Crippen molar-refractivity contribution >= 4 is 23.0 Å². The molecule has 0 spiro atoms. The number of nitrogens with zero attached hydrogens (tertiary/aromatic N) is 3. The maximum atomic E-state index is 12.9. The van der Waals surface area contributed by atoms with E-state index in [9.17, 15) is 9.59 Å². The Morgan fingerprint density at radius 2 is 1.84 bits per heavy atom. The van der Waals surface area contributed by atoms with Gasteiger partial charge in [0, 0.05) is 19.3 Å². The van der Waals surface area contributed by atoms with Crippen LogP contribution in [0, 0.1) is 0 Å². The van der Waals surface area contributed by atoms with Gasteiger partial charge in [-0.3, -0.25) is 4.90 Å². The molecule has 8 nitrogen and oxygen atoms in total. The molecule has 8 heteroatoms. The molecule has 1 aliphatic heterocycles. The van der Waals surface area contributed by atoms with Gasteiger partial charge >= 0.3 is 12.0 Å². The summed E-state index contributed by atoms with van der Waals surface area (Å²) in [6, 6.07) is 16.5. The monoisotopic (exact) mass is 433 g/mol. The zero-order valence-corrected chi connectivity index (χ0v) is 18.5. The molecule has 4 rings (SSSR count). The number of likely N-dealkylation sites (N-methyl/N-ethyl adjacent to an activating group) is 1. The van der Waals surface area contributed by atoms with Gasteiger partial charge in [-0.2, -0.15) is 0 Å². The average Bonchev–Trinajstić information content (AvgIpc) is 3.09. The third-order valence-corrected chi connectivity index (χ3v) is 5.50. The Hall–Kier alpha value is -3.65. The first-order chi connectivity index (χ1) is 15.5. The number of carbonyl (C=O) groups is 2. The molecule has 0 aliphatic carbocycles. The number of imidazole rings is 1. The van der Waals surface area contributed by atoms with E-state index in [0.717, 1.165) is 22.4 Å². The predicted octanol–water partition coefficient (Wildman–Crippen LogP) is 2.88. The molecule has 1 atom stereocenters. The van der Waals surface area contributed by atoms with Gasteiger partial charge in [0.15, 0.2) is 0 Å². The van der Waals surface area contributed by atoms with E-state index in [4.69, 9.17) is 9.72 Å². The lowest BCUT2D eigenvalue weighted by molar-refractivity contribution is -0.139. The van der Waals surface area contributed by atoms with Crippen molar-refractivity contribution in [2.24, 2.45) is 7.05 Å². The van der Waals surface area contributed by atoms with Crippen LogP contribution < -0.4 is 10.6 Å². The lowest BCUT2D eigenvalue weighted by Gasteiger charge is -2.31. The van der Waals surface area contributed by atoms with Crippen LogP contribution in [0.15, 0.2) is 65.9 Å². The van der Waals surface area contributed by atoms with E-state index in [1.165, 1.54) is 0 Å². The summed E-state index contributed by atoms with van der Waals surface area (Å²) in [6.45, 7) is 2.92. The van der Waals surface area contributed by atoms with Crippen molar-refractivity contribution in [2.75, 3.05) is 20.2 Å². The van der Waals surface area contributed by atoms with Crippen molar-refractivity contribution in [2.45, 2.75) is 19.5 Å². The van der Waals surface area contributed by atoms with Crippen molar-refractivity contribution in [3.8, 4) is 0 Å². The van der Waals surface area contributed by atoms with Crippen LogP contribution in [-0.4, -0.2) is 46.7 Å². The Bertz CT molecular complexity index is 1170. The first-order valence-corrected chi connectivity index (χ1v) is 10.6. The van der Waals surface area contributed by atoms with Gasteiger partial charge in [-0.1, -0.05) is 42.5 Å². The first-order valence-electron chi connectivity index (χ1n) is 10.6. The van der Waals surface area contributed by atoms with Crippen molar-refractivity contribution in [1.82, 2.24) is 25.1 Å². The summed E-state index contributed by atoms with van der Waals surface area (Å²) < 4.78 is 7.39. The number of nitrogens with one attached hydrogen (secondary N) is 2. The fraction of sp³-hybridized carbons (Fsp3) is 0.292. The molecule has 1 aromatic heterocycles. The van der Waals surface area contributed by atoms with Gasteiger partial charge in [-0.15, -0.1) is 0 Å². The summed E-state index contributed by atoms with van der Waals surface area (Å²) in [5, 5.41) is 5.68. The van der Waals surface area contributed by atoms with Crippen LogP contribution in [0.25, 0.3) is 11.0 Å². The van der Waals surface area contributed by atoms with E-state index < -0.39 is 12.0 Å². The number of rotatable bonds is 7. The molecule has 2 heterocycles. The molecule has 0 bridgehead atoms. The topological polar surface area (TPSA) is 88.5 Å². The summed E-state index contributed by atoms with van der Waals surface area (Å²) in [5.74, 6) is 0.451. The number of benzene rings is 2.